The van der Waals surface area contributed by atoms with Gasteiger partial charge in [0.2, 0.25) is 5.91 Å². The summed E-state index contributed by atoms with van der Waals surface area (Å²) in [5.41, 5.74) is 0.311. The molecule has 86 valence electrons. The minimum Gasteiger partial charge on any atom is -0.340 e. The molecule has 1 saturated carbocycles. The number of hydrogen-bond acceptors (Lipinski definition) is 2. The van der Waals surface area contributed by atoms with Crippen LogP contribution in [-0.2, 0) is 4.79 Å². The molecule has 2 fully saturated rings. The molecule has 0 spiro atoms. The zero-order valence-corrected chi connectivity index (χ0v) is 10.0. The zero-order valence-electron chi connectivity index (χ0n) is 10.0. The summed E-state index contributed by atoms with van der Waals surface area (Å²) in [6, 6.07) is 0.453. The molecule has 1 amide bonds. The van der Waals surface area contributed by atoms with Gasteiger partial charge in [-0.3, -0.25) is 4.79 Å². The van der Waals surface area contributed by atoms with Crippen molar-refractivity contribution in [2.75, 3.05) is 19.6 Å². The first-order valence-electron chi connectivity index (χ1n) is 6.09. The molecular formula is C12H22N2O. The molecule has 3 heteroatoms. The first-order valence-corrected chi connectivity index (χ1v) is 6.09. The van der Waals surface area contributed by atoms with Crippen LogP contribution in [-0.4, -0.2) is 36.5 Å². The number of rotatable bonds is 2. The maximum atomic E-state index is 12.2. The smallest absolute Gasteiger partial charge is 0.226 e. The van der Waals surface area contributed by atoms with Crippen LogP contribution in [0, 0.1) is 11.3 Å². The molecule has 1 aliphatic carbocycles. The molecule has 0 aromatic carbocycles. The van der Waals surface area contributed by atoms with Gasteiger partial charge >= 0.3 is 0 Å². The van der Waals surface area contributed by atoms with E-state index in [9.17, 15) is 4.79 Å². The van der Waals surface area contributed by atoms with E-state index in [1.54, 1.807) is 0 Å². The van der Waals surface area contributed by atoms with Gasteiger partial charge in [-0.2, -0.15) is 0 Å². The minimum atomic E-state index is 0.311. The first-order chi connectivity index (χ1) is 7.07. The van der Waals surface area contributed by atoms with E-state index in [4.69, 9.17) is 0 Å². The molecule has 3 nitrogen and oxygen atoms in total. The molecule has 0 bridgehead atoms. The van der Waals surface area contributed by atoms with Gasteiger partial charge < -0.3 is 10.2 Å². The second-order valence-corrected chi connectivity index (χ2v) is 5.40. The number of carbonyl (C=O) groups is 1. The molecule has 1 aliphatic heterocycles. The summed E-state index contributed by atoms with van der Waals surface area (Å²) in [5, 5.41) is 3.37. The van der Waals surface area contributed by atoms with Crippen molar-refractivity contribution in [1.29, 1.82) is 0 Å². The van der Waals surface area contributed by atoms with Gasteiger partial charge in [0.15, 0.2) is 0 Å². The molecule has 1 heterocycles. The van der Waals surface area contributed by atoms with Crippen LogP contribution in [0.3, 0.4) is 0 Å². The van der Waals surface area contributed by atoms with Crippen molar-refractivity contribution in [3.63, 3.8) is 0 Å². The molecule has 2 rings (SSSR count). The molecule has 3 atom stereocenters. The molecule has 1 saturated heterocycles. The van der Waals surface area contributed by atoms with Crippen LogP contribution in [0.1, 0.15) is 33.6 Å². The van der Waals surface area contributed by atoms with Gasteiger partial charge in [-0.05, 0) is 25.2 Å². The maximum absolute atomic E-state index is 12.2. The summed E-state index contributed by atoms with van der Waals surface area (Å²) in [5.74, 6) is 0.709. The number of hydrogen-bond donors (Lipinski definition) is 1. The van der Waals surface area contributed by atoms with Gasteiger partial charge in [-0.25, -0.2) is 0 Å². The Labute approximate surface area is 92.2 Å². The number of piperazine rings is 1. The second-order valence-electron chi connectivity index (χ2n) is 5.40. The van der Waals surface area contributed by atoms with Crippen molar-refractivity contribution in [2.24, 2.45) is 11.3 Å². The zero-order chi connectivity index (χ0) is 11.1. The average Bonchev–Trinajstić information content (AvgIpc) is 2.91. The highest BCUT2D eigenvalue weighted by Crippen LogP contribution is 2.55. The maximum Gasteiger partial charge on any atom is 0.226 e. The van der Waals surface area contributed by atoms with Crippen molar-refractivity contribution in [2.45, 2.75) is 39.7 Å². The van der Waals surface area contributed by atoms with Crippen LogP contribution in [0.15, 0.2) is 0 Å². The van der Waals surface area contributed by atoms with Gasteiger partial charge in [-0.1, -0.05) is 13.8 Å². The normalized spacial score (nSPS) is 40.3. The van der Waals surface area contributed by atoms with Crippen molar-refractivity contribution in [3.05, 3.63) is 0 Å². The fraction of sp³-hybridized carbons (Fsp3) is 0.917. The lowest BCUT2D eigenvalue weighted by Crippen LogP contribution is -2.52. The molecule has 0 aromatic heterocycles. The Morgan fingerprint density at radius 2 is 2.33 bits per heavy atom. The summed E-state index contributed by atoms with van der Waals surface area (Å²) in [7, 11) is 0. The molecule has 2 unspecified atom stereocenters. The Morgan fingerprint density at radius 3 is 2.87 bits per heavy atom. The highest BCUT2D eigenvalue weighted by atomic mass is 16.2. The van der Waals surface area contributed by atoms with Gasteiger partial charge in [0.25, 0.3) is 0 Å². The van der Waals surface area contributed by atoms with Crippen molar-refractivity contribution < 1.29 is 4.79 Å². The number of nitrogens with zero attached hydrogens (tertiary/aromatic N) is 1. The van der Waals surface area contributed by atoms with Gasteiger partial charge in [0.1, 0.15) is 0 Å². The summed E-state index contributed by atoms with van der Waals surface area (Å²) < 4.78 is 0. The van der Waals surface area contributed by atoms with E-state index in [1.807, 2.05) is 4.90 Å². The van der Waals surface area contributed by atoms with E-state index in [-0.39, 0.29) is 0 Å². The monoisotopic (exact) mass is 210 g/mol. The SMILES string of the molecule is CCC1(C)CC1C(=O)N1CCN[C@@H](C)C1. The lowest BCUT2D eigenvalue weighted by Gasteiger charge is -2.32. The minimum absolute atomic E-state index is 0.311. The number of nitrogens with one attached hydrogen (secondary N) is 1. The highest BCUT2D eigenvalue weighted by molar-refractivity contribution is 5.82. The summed E-state index contributed by atoms with van der Waals surface area (Å²) in [4.78, 5) is 14.2. The Hall–Kier alpha value is -0.570. The average molecular weight is 210 g/mol. The lowest BCUT2D eigenvalue weighted by molar-refractivity contribution is -0.134. The summed E-state index contributed by atoms with van der Waals surface area (Å²) in [6.45, 7) is 9.29. The molecule has 0 radical (unpaired) electrons. The summed E-state index contributed by atoms with van der Waals surface area (Å²) in [6.07, 6.45) is 2.23. The van der Waals surface area contributed by atoms with E-state index in [0.29, 0.717) is 23.3 Å². The fourth-order valence-corrected chi connectivity index (χ4v) is 2.54. The van der Waals surface area contributed by atoms with Crippen LogP contribution in [0.5, 0.6) is 0 Å². The number of amides is 1. The predicted molar refractivity (Wildman–Crippen MR) is 60.5 cm³/mol. The Kier molecular flexibility index (Phi) is 2.75. The molecule has 0 aromatic rings. The van der Waals surface area contributed by atoms with E-state index in [2.05, 4.69) is 26.1 Å². The molecular weight excluding hydrogens is 188 g/mol. The quantitative estimate of drug-likeness (QED) is 0.744. The summed E-state index contributed by atoms with van der Waals surface area (Å²) >= 11 is 0. The highest BCUT2D eigenvalue weighted by Gasteiger charge is 2.54. The Balaban J connectivity index is 1.92. The molecule has 15 heavy (non-hydrogen) atoms. The van der Waals surface area contributed by atoms with Crippen molar-refractivity contribution in [3.8, 4) is 0 Å². The lowest BCUT2D eigenvalue weighted by atomic mass is 10.0. The third-order valence-corrected chi connectivity index (χ3v) is 4.14. The van der Waals surface area contributed by atoms with Crippen LogP contribution >= 0.6 is 0 Å². The first kappa shape index (κ1) is 10.9. The van der Waals surface area contributed by atoms with E-state index < -0.39 is 0 Å². The fourth-order valence-electron chi connectivity index (χ4n) is 2.54. The van der Waals surface area contributed by atoms with Crippen LogP contribution < -0.4 is 5.32 Å². The molecule has 1 N–H and O–H groups in total. The topological polar surface area (TPSA) is 32.3 Å². The Morgan fingerprint density at radius 1 is 1.60 bits per heavy atom. The van der Waals surface area contributed by atoms with Gasteiger partial charge in [0.05, 0.1) is 0 Å². The third-order valence-electron chi connectivity index (χ3n) is 4.14. The van der Waals surface area contributed by atoms with Gasteiger partial charge in [-0.15, -0.1) is 0 Å². The van der Waals surface area contributed by atoms with Gasteiger partial charge in [0, 0.05) is 31.6 Å². The predicted octanol–water partition coefficient (Wildman–Crippen LogP) is 1.24. The second kappa shape index (κ2) is 3.78. The Bertz CT molecular complexity index is 266. The standard InChI is InChI=1S/C12H22N2O/c1-4-12(3)7-10(12)11(15)14-6-5-13-9(2)8-14/h9-10,13H,4-8H2,1-3H3/t9-,10?,12?/m0/s1. The van der Waals surface area contributed by atoms with Crippen LogP contribution in [0.2, 0.25) is 0 Å². The van der Waals surface area contributed by atoms with E-state index in [0.717, 1.165) is 32.5 Å². The number of carbonyl (C=O) groups excluding carboxylic acids is 1. The van der Waals surface area contributed by atoms with Crippen molar-refractivity contribution in [1.82, 2.24) is 10.2 Å². The largest absolute Gasteiger partial charge is 0.340 e. The van der Waals surface area contributed by atoms with E-state index >= 15 is 0 Å². The van der Waals surface area contributed by atoms with Crippen LogP contribution in [0.25, 0.3) is 0 Å². The van der Waals surface area contributed by atoms with Crippen LogP contribution in [0.4, 0.5) is 0 Å². The van der Waals surface area contributed by atoms with Crippen molar-refractivity contribution >= 4 is 5.91 Å². The molecule has 2 aliphatic rings. The third kappa shape index (κ3) is 2.03. The van der Waals surface area contributed by atoms with E-state index in [1.165, 1.54) is 0 Å².